The molecule has 1 nitrogen and oxygen atoms in total. The number of hydrogen-bond acceptors (Lipinski definition) is 1. The molecule has 1 unspecified atom stereocenters. The van der Waals surface area contributed by atoms with Crippen LogP contribution in [0.2, 0.25) is 0 Å². The number of halogens is 1. The summed E-state index contributed by atoms with van der Waals surface area (Å²) >= 11 is 2.11. The molecule has 0 heterocycles. The van der Waals surface area contributed by atoms with Crippen LogP contribution in [-0.2, 0) is 0 Å². The molecule has 0 spiro atoms. The second-order valence-corrected chi connectivity index (χ2v) is 6.45. The van der Waals surface area contributed by atoms with Crippen LogP contribution >= 0.6 is 27.4 Å². The maximum Gasteiger partial charge on any atom is 0.0109 e. The summed E-state index contributed by atoms with van der Waals surface area (Å²) in [5.74, 6) is 0. The number of hydrogen-bond donors (Lipinski definition) is 1. The van der Waals surface area contributed by atoms with Gasteiger partial charge in [0.25, 0.3) is 0 Å². The molecular formula is CH5INP. The SMILES string of the molecule is C[PH](=N)I. The maximum atomic E-state index is 6.67. The van der Waals surface area contributed by atoms with Gasteiger partial charge in [0.2, 0.25) is 0 Å². The second-order valence-electron chi connectivity index (χ2n) is 0.533. The molecule has 0 radical (unpaired) electrons. The van der Waals surface area contributed by atoms with Crippen molar-refractivity contribution < 1.29 is 0 Å². The lowest BCUT2D eigenvalue weighted by Crippen LogP contribution is -1.13. The molecule has 3 heteroatoms. The topological polar surface area (TPSA) is 23.9 Å². The molecule has 0 aliphatic heterocycles. The summed E-state index contributed by atoms with van der Waals surface area (Å²) in [5, 5.41) is 6.01. The molecule has 0 aromatic heterocycles. The standard InChI is InChI=1S/CH5INP/c1-4(2)3/h3-4H,1H3. The van der Waals surface area contributed by atoms with Crippen molar-refractivity contribution in [1.82, 2.24) is 0 Å². The summed E-state index contributed by atoms with van der Waals surface area (Å²) in [7, 11) is 0. The lowest BCUT2D eigenvalue weighted by atomic mass is 12.0. The summed E-state index contributed by atoms with van der Waals surface area (Å²) in [4.78, 5) is 0. The zero-order valence-corrected chi connectivity index (χ0v) is 5.54. The highest BCUT2D eigenvalue weighted by atomic mass is 127. The molecule has 0 amide bonds. The Morgan fingerprint density at radius 1 is 2.00 bits per heavy atom. The van der Waals surface area contributed by atoms with E-state index in [1.54, 1.807) is 0 Å². The average molecular weight is 189 g/mol. The Balaban J connectivity index is 2.80. The predicted octanol–water partition coefficient (Wildman–Crippen LogP) is 1.94. The summed E-state index contributed by atoms with van der Waals surface area (Å²) in [6.07, 6.45) is 0. The first-order valence-electron chi connectivity index (χ1n) is 0.939. The Morgan fingerprint density at radius 3 is 2.00 bits per heavy atom. The van der Waals surface area contributed by atoms with Gasteiger partial charge in [-0.2, -0.15) is 0 Å². The van der Waals surface area contributed by atoms with E-state index in [0.29, 0.717) is 0 Å². The van der Waals surface area contributed by atoms with Gasteiger partial charge >= 0.3 is 0 Å². The summed E-state index contributed by atoms with van der Waals surface area (Å²) in [5.41, 5.74) is 0. The fraction of sp³-hybridized carbons (Fsp3) is 1.00. The van der Waals surface area contributed by atoms with Crippen molar-refractivity contribution in [3.63, 3.8) is 0 Å². The minimum atomic E-state index is -0.660. The minimum absolute atomic E-state index is 0.660. The molecule has 0 saturated carbocycles. The highest BCUT2D eigenvalue weighted by molar-refractivity contribution is 14.2. The van der Waals surface area contributed by atoms with Gasteiger partial charge in [-0.3, -0.25) is 0 Å². The normalized spacial score (nSPS) is 15.5. The van der Waals surface area contributed by atoms with Gasteiger partial charge in [0.15, 0.2) is 0 Å². The molecule has 0 rings (SSSR count). The Kier molecular flexibility index (Phi) is 2.74. The van der Waals surface area contributed by atoms with E-state index in [9.17, 15) is 0 Å². The fourth-order valence-electron chi connectivity index (χ4n) is 0. The first-order valence-corrected chi connectivity index (χ1v) is 6.05. The third-order valence-corrected chi connectivity index (χ3v) is 0. The van der Waals surface area contributed by atoms with Crippen LogP contribution in [0.15, 0.2) is 0 Å². The Labute approximate surface area is 39.5 Å². The monoisotopic (exact) mass is 189 g/mol. The smallest absolute Gasteiger partial charge is 0.0109 e. The molecule has 0 aliphatic carbocycles. The largest absolute Gasteiger partial charge is 0.312 e. The van der Waals surface area contributed by atoms with Crippen molar-refractivity contribution in [3.05, 3.63) is 0 Å². The van der Waals surface area contributed by atoms with Crippen LogP contribution in [0, 0.1) is 5.16 Å². The molecule has 4 heavy (non-hydrogen) atoms. The second kappa shape index (κ2) is 2.21. The van der Waals surface area contributed by atoms with Crippen molar-refractivity contribution in [2.45, 2.75) is 0 Å². The van der Waals surface area contributed by atoms with Gasteiger partial charge in [-0.1, -0.05) is 0 Å². The number of nitrogens with one attached hydrogen (secondary N) is 1. The van der Waals surface area contributed by atoms with Gasteiger partial charge in [-0.15, -0.1) is 0 Å². The molecule has 0 bridgehead atoms. The van der Waals surface area contributed by atoms with Crippen molar-refractivity contribution >= 4 is 27.4 Å². The summed E-state index contributed by atoms with van der Waals surface area (Å²) < 4.78 is 0. The van der Waals surface area contributed by atoms with Gasteiger partial charge in [0.05, 0.1) is 0 Å². The summed E-state index contributed by atoms with van der Waals surface area (Å²) in [6.45, 7) is 1.92. The predicted molar refractivity (Wildman–Crippen MR) is 31.0 cm³/mol. The highest BCUT2D eigenvalue weighted by Gasteiger charge is 1.55. The van der Waals surface area contributed by atoms with Crippen LogP contribution in [0.5, 0.6) is 0 Å². The minimum Gasteiger partial charge on any atom is -0.312 e. The van der Waals surface area contributed by atoms with Crippen LogP contribution in [0.3, 0.4) is 0 Å². The van der Waals surface area contributed by atoms with E-state index in [2.05, 4.69) is 22.0 Å². The zero-order valence-electron chi connectivity index (χ0n) is 2.38. The highest BCUT2D eigenvalue weighted by Crippen LogP contribution is 2.24. The van der Waals surface area contributed by atoms with Gasteiger partial charge in [0.1, 0.15) is 0 Å². The van der Waals surface area contributed by atoms with Crippen molar-refractivity contribution in [1.29, 1.82) is 5.16 Å². The van der Waals surface area contributed by atoms with Crippen LogP contribution in [0.4, 0.5) is 0 Å². The van der Waals surface area contributed by atoms with Gasteiger partial charge < -0.3 is 5.16 Å². The van der Waals surface area contributed by atoms with Crippen LogP contribution in [-0.4, -0.2) is 6.66 Å². The van der Waals surface area contributed by atoms with Gasteiger partial charge in [-0.25, -0.2) is 0 Å². The lowest BCUT2D eigenvalue weighted by Gasteiger charge is -1.62. The van der Waals surface area contributed by atoms with E-state index < -0.39 is 5.36 Å². The third kappa shape index (κ3) is 12.3. The van der Waals surface area contributed by atoms with Crippen molar-refractivity contribution in [2.24, 2.45) is 0 Å². The molecule has 0 fully saturated rings. The van der Waals surface area contributed by atoms with Crippen LogP contribution in [0.25, 0.3) is 0 Å². The first kappa shape index (κ1) is 4.96. The lowest BCUT2D eigenvalue weighted by molar-refractivity contribution is 1.64. The molecule has 0 saturated heterocycles. The molecular weight excluding hydrogens is 184 g/mol. The quantitative estimate of drug-likeness (QED) is 0.444. The van der Waals surface area contributed by atoms with Crippen LogP contribution < -0.4 is 0 Å². The van der Waals surface area contributed by atoms with E-state index in [-0.39, 0.29) is 0 Å². The van der Waals surface area contributed by atoms with E-state index in [0.717, 1.165) is 0 Å². The molecule has 26 valence electrons. The maximum absolute atomic E-state index is 6.67. The first-order chi connectivity index (χ1) is 1.73. The van der Waals surface area contributed by atoms with E-state index >= 15 is 0 Å². The number of rotatable bonds is 0. The van der Waals surface area contributed by atoms with E-state index in [1.165, 1.54) is 0 Å². The van der Waals surface area contributed by atoms with E-state index in [4.69, 9.17) is 5.16 Å². The Morgan fingerprint density at radius 2 is 2.00 bits per heavy atom. The fourth-order valence-corrected chi connectivity index (χ4v) is 0. The molecule has 0 aromatic carbocycles. The molecule has 1 atom stereocenters. The Hall–Kier alpha value is 0.960. The van der Waals surface area contributed by atoms with Gasteiger partial charge in [0, 0.05) is 5.36 Å². The average Bonchev–Trinajstić information content (AvgIpc) is 0.811. The third-order valence-electron chi connectivity index (χ3n) is 0. The molecule has 1 N–H and O–H groups in total. The summed E-state index contributed by atoms with van der Waals surface area (Å²) in [6, 6.07) is 0. The van der Waals surface area contributed by atoms with Crippen molar-refractivity contribution in [2.75, 3.05) is 6.66 Å². The molecule has 0 aliphatic rings. The van der Waals surface area contributed by atoms with E-state index in [1.807, 2.05) is 6.66 Å². The van der Waals surface area contributed by atoms with Crippen LogP contribution in [0.1, 0.15) is 0 Å². The van der Waals surface area contributed by atoms with Crippen molar-refractivity contribution in [3.8, 4) is 0 Å². The molecule has 0 aromatic rings. The Bertz CT molecular complexity index is 31.0. The zero-order chi connectivity index (χ0) is 3.58. The van der Waals surface area contributed by atoms with Gasteiger partial charge in [-0.05, 0) is 28.7 Å².